The van der Waals surface area contributed by atoms with Gasteiger partial charge in [-0.2, -0.15) is 0 Å². The van der Waals surface area contributed by atoms with E-state index in [0.717, 1.165) is 18.2 Å². The van der Waals surface area contributed by atoms with Crippen LogP contribution in [-0.2, 0) is 11.2 Å². The minimum atomic E-state index is -0.143. The van der Waals surface area contributed by atoms with Crippen molar-refractivity contribution in [1.29, 1.82) is 0 Å². The first-order chi connectivity index (χ1) is 8.52. The summed E-state index contributed by atoms with van der Waals surface area (Å²) in [6.45, 7) is 4.14. The van der Waals surface area contributed by atoms with Gasteiger partial charge in [-0.25, -0.2) is 0 Å². The van der Waals surface area contributed by atoms with E-state index in [1.807, 2.05) is 12.1 Å². The number of rotatable bonds is 4. The molecule has 1 aromatic rings. The molecule has 1 heterocycles. The van der Waals surface area contributed by atoms with E-state index in [1.165, 1.54) is 10.5 Å². The second kappa shape index (κ2) is 5.66. The number of amides is 1. The zero-order chi connectivity index (χ0) is 13.2. The van der Waals surface area contributed by atoms with Gasteiger partial charge in [-0.15, -0.1) is 11.8 Å². The van der Waals surface area contributed by atoms with Crippen LogP contribution in [0.3, 0.4) is 0 Å². The summed E-state index contributed by atoms with van der Waals surface area (Å²) in [6.07, 6.45) is 1.78. The summed E-state index contributed by atoms with van der Waals surface area (Å²) in [4.78, 5) is 13.5. The van der Waals surface area contributed by atoms with Crippen LogP contribution in [-0.4, -0.2) is 22.0 Å². The molecule has 1 N–H and O–H groups in total. The Balaban J connectivity index is 1.97. The molecular formula is C14H18BrNOS. The third kappa shape index (κ3) is 3.29. The van der Waals surface area contributed by atoms with E-state index in [4.69, 9.17) is 0 Å². The van der Waals surface area contributed by atoms with Crippen LogP contribution < -0.4 is 5.32 Å². The van der Waals surface area contributed by atoms with E-state index < -0.39 is 0 Å². The molecule has 1 unspecified atom stereocenters. The molecule has 0 aromatic heterocycles. The number of nitrogens with one attached hydrogen (secondary N) is 1. The summed E-state index contributed by atoms with van der Waals surface area (Å²) in [5, 5.41) is 4.07. The van der Waals surface area contributed by atoms with Crippen molar-refractivity contribution in [2.45, 2.75) is 42.4 Å². The van der Waals surface area contributed by atoms with Gasteiger partial charge >= 0.3 is 0 Å². The summed E-state index contributed by atoms with van der Waals surface area (Å²) in [5.74, 6) is 0.155. The van der Waals surface area contributed by atoms with Crippen LogP contribution in [0, 0.1) is 0 Å². The van der Waals surface area contributed by atoms with Crippen molar-refractivity contribution >= 4 is 33.6 Å². The molecule has 0 radical (unpaired) electrons. The van der Waals surface area contributed by atoms with Crippen molar-refractivity contribution in [2.75, 3.05) is 5.33 Å². The zero-order valence-corrected chi connectivity index (χ0v) is 13.1. The lowest BCUT2D eigenvalue weighted by Crippen LogP contribution is -2.47. The quantitative estimate of drug-likeness (QED) is 0.859. The van der Waals surface area contributed by atoms with Crippen LogP contribution in [0.4, 0.5) is 0 Å². The molecule has 18 heavy (non-hydrogen) atoms. The van der Waals surface area contributed by atoms with Gasteiger partial charge in [0.2, 0.25) is 5.91 Å². The average molecular weight is 328 g/mol. The zero-order valence-electron chi connectivity index (χ0n) is 10.7. The monoisotopic (exact) mass is 327 g/mol. The topological polar surface area (TPSA) is 29.1 Å². The van der Waals surface area contributed by atoms with E-state index in [2.05, 4.69) is 47.2 Å². The summed E-state index contributed by atoms with van der Waals surface area (Å²) in [7, 11) is 0. The van der Waals surface area contributed by atoms with Crippen molar-refractivity contribution < 1.29 is 4.79 Å². The van der Waals surface area contributed by atoms with Crippen LogP contribution in [0.15, 0.2) is 29.2 Å². The third-order valence-corrected chi connectivity index (χ3v) is 4.83. The van der Waals surface area contributed by atoms with E-state index >= 15 is 0 Å². The Morgan fingerprint density at radius 3 is 2.89 bits per heavy atom. The Kier molecular flexibility index (Phi) is 4.38. The van der Waals surface area contributed by atoms with Gasteiger partial charge in [0.15, 0.2) is 0 Å². The first kappa shape index (κ1) is 13.9. The molecule has 0 fully saturated rings. The lowest BCUT2D eigenvalue weighted by atomic mass is 10.0. The lowest BCUT2D eigenvalue weighted by Gasteiger charge is -2.26. The number of fused-ring (bicyclic) bond motifs is 1. The molecule has 0 bridgehead atoms. The molecule has 1 amide bonds. The first-order valence-electron chi connectivity index (χ1n) is 6.14. The number of hydrogen-bond donors (Lipinski definition) is 1. The highest BCUT2D eigenvalue weighted by Gasteiger charge is 2.30. The molecule has 1 atom stereocenters. The summed E-state index contributed by atoms with van der Waals surface area (Å²) >= 11 is 5.10. The minimum absolute atomic E-state index is 0.0250. The predicted molar refractivity (Wildman–Crippen MR) is 80.4 cm³/mol. The normalized spacial score (nSPS) is 18.5. The molecule has 2 rings (SSSR count). The maximum Gasteiger partial charge on any atom is 0.234 e. The Morgan fingerprint density at radius 2 is 2.22 bits per heavy atom. The standard InChI is InChI=1S/C14H18BrNOS/c1-14(2,7-8-15)16-13(17)12-9-10-5-3-4-6-11(10)18-12/h3-6,12H,7-9H2,1-2H3,(H,16,17). The van der Waals surface area contributed by atoms with Gasteiger partial charge in [-0.3, -0.25) is 4.79 Å². The van der Waals surface area contributed by atoms with Gasteiger partial charge < -0.3 is 5.32 Å². The second-order valence-corrected chi connectivity index (χ2v) is 7.27. The van der Waals surface area contributed by atoms with Gasteiger partial charge in [-0.1, -0.05) is 34.1 Å². The van der Waals surface area contributed by atoms with Crippen LogP contribution >= 0.6 is 27.7 Å². The summed E-state index contributed by atoms with van der Waals surface area (Å²) in [5.41, 5.74) is 1.15. The Hall–Kier alpha value is -0.480. The smallest absolute Gasteiger partial charge is 0.234 e. The number of carbonyl (C=O) groups excluding carboxylic acids is 1. The molecule has 98 valence electrons. The fraction of sp³-hybridized carbons (Fsp3) is 0.500. The van der Waals surface area contributed by atoms with E-state index in [-0.39, 0.29) is 16.7 Å². The fourth-order valence-corrected chi connectivity index (χ4v) is 4.23. The average Bonchev–Trinajstić information content (AvgIpc) is 2.71. The van der Waals surface area contributed by atoms with Crippen molar-refractivity contribution in [1.82, 2.24) is 5.32 Å². The Morgan fingerprint density at radius 1 is 1.50 bits per heavy atom. The van der Waals surface area contributed by atoms with Crippen LogP contribution in [0.1, 0.15) is 25.8 Å². The largest absolute Gasteiger partial charge is 0.350 e. The number of halogens is 1. The molecule has 0 saturated heterocycles. The molecule has 2 nitrogen and oxygen atoms in total. The molecule has 1 aliphatic rings. The van der Waals surface area contributed by atoms with Crippen LogP contribution in [0.25, 0.3) is 0 Å². The summed E-state index contributed by atoms with van der Waals surface area (Å²) in [6, 6.07) is 8.27. The van der Waals surface area contributed by atoms with Gasteiger partial charge in [0.1, 0.15) is 0 Å². The van der Waals surface area contributed by atoms with E-state index in [9.17, 15) is 4.79 Å². The summed E-state index contributed by atoms with van der Waals surface area (Å²) < 4.78 is 0. The highest BCUT2D eigenvalue weighted by molar-refractivity contribution is 9.09. The predicted octanol–water partition coefficient (Wildman–Crippen LogP) is 3.38. The number of hydrogen-bond acceptors (Lipinski definition) is 2. The first-order valence-corrected chi connectivity index (χ1v) is 8.14. The minimum Gasteiger partial charge on any atom is -0.350 e. The molecular weight excluding hydrogens is 310 g/mol. The third-order valence-electron chi connectivity index (χ3n) is 3.12. The van der Waals surface area contributed by atoms with Crippen molar-refractivity contribution in [3.05, 3.63) is 29.8 Å². The van der Waals surface area contributed by atoms with E-state index in [1.54, 1.807) is 11.8 Å². The van der Waals surface area contributed by atoms with Crippen molar-refractivity contribution in [3.8, 4) is 0 Å². The molecule has 0 saturated carbocycles. The van der Waals surface area contributed by atoms with E-state index in [0.29, 0.717) is 0 Å². The van der Waals surface area contributed by atoms with Crippen LogP contribution in [0.2, 0.25) is 0 Å². The Bertz CT molecular complexity index is 422. The molecule has 1 aliphatic heterocycles. The van der Waals surface area contributed by atoms with Gasteiger partial charge in [-0.05, 0) is 38.3 Å². The molecule has 1 aromatic carbocycles. The number of benzene rings is 1. The molecule has 0 spiro atoms. The highest BCUT2D eigenvalue weighted by Crippen LogP contribution is 2.37. The highest BCUT2D eigenvalue weighted by atomic mass is 79.9. The number of alkyl halides is 1. The van der Waals surface area contributed by atoms with Crippen LogP contribution in [0.5, 0.6) is 0 Å². The maximum absolute atomic E-state index is 12.3. The van der Waals surface area contributed by atoms with Gasteiger partial charge in [0, 0.05) is 15.8 Å². The van der Waals surface area contributed by atoms with Gasteiger partial charge in [0.05, 0.1) is 5.25 Å². The maximum atomic E-state index is 12.3. The number of carbonyl (C=O) groups is 1. The fourth-order valence-electron chi connectivity index (χ4n) is 2.04. The van der Waals surface area contributed by atoms with Gasteiger partial charge in [0.25, 0.3) is 0 Å². The van der Waals surface area contributed by atoms with Crippen molar-refractivity contribution in [3.63, 3.8) is 0 Å². The number of thioether (sulfide) groups is 1. The molecule has 0 aliphatic carbocycles. The van der Waals surface area contributed by atoms with Crippen molar-refractivity contribution in [2.24, 2.45) is 0 Å². The molecule has 4 heteroatoms. The SMILES string of the molecule is CC(C)(CCBr)NC(=O)C1Cc2ccccc2S1. The second-order valence-electron chi connectivity index (χ2n) is 5.23. The Labute approximate surface area is 121 Å². The lowest BCUT2D eigenvalue weighted by molar-refractivity contribution is -0.122.